The summed E-state index contributed by atoms with van der Waals surface area (Å²) in [6, 6.07) is -3.86. The third kappa shape index (κ3) is 12.6. The normalized spacial score (nSPS) is 36.8. The molecule has 0 bridgehead atoms. The minimum absolute atomic E-state index is 0.0993. The number of carbonyl (C=O) groups excluding carboxylic acids is 4. The van der Waals surface area contributed by atoms with E-state index in [2.05, 4.69) is 29.8 Å². The molecule has 4 heterocycles. The maximum atomic E-state index is 13.1. The second-order valence-electron chi connectivity index (χ2n) is 15.8. The molecule has 4 rings (SSSR count). The summed E-state index contributed by atoms with van der Waals surface area (Å²) in [6.07, 6.45) is -9.82. The lowest BCUT2D eigenvalue weighted by molar-refractivity contribution is -0.346. The number of aliphatic hydroxyl groups is 8. The van der Waals surface area contributed by atoms with Gasteiger partial charge in [-0.3, -0.25) is 24.6 Å². The number of nitrogens with one attached hydrogen (secondary N) is 3. The van der Waals surface area contributed by atoms with Crippen LogP contribution in [0.5, 0.6) is 0 Å². The van der Waals surface area contributed by atoms with Crippen molar-refractivity contribution in [1.82, 2.24) is 20.9 Å². The first kappa shape index (κ1) is 47.8. The molecule has 11 N–H and O–H groups in total. The fraction of sp³-hybridized carbons (Fsp3) is 0.842. The van der Waals surface area contributed by atoms with Crippen LogP contribution >= 0.6 is 0 Å². The molecule has 20 nitrogen and oxygen atoms in total. The molecule has 0 aliphatic carbocycles. The second kappa shape index (κ2) is 22.7. The van der Waals surface area contributed by atoms with Crippen molar-refractivity contribution in [3.05, 3.63) is 12.2 Å². The Morgan fingerprint density at radius 3 is 2.09 bits per heavy atom. The number of hydrogen-bond acceptors (Lipinski definition) is 16. The summed E-state index contributed by atoms with van der Waals surface area (Å²) >= 11 is 0. The first-order valence-electron chi connectivity index (χ1n) is 20.4. The van der Waals surface area contributed by atoms with Gasteiger partial charge in [0.1, 0.15) is 60.9 Å². The van der Waals surface area contributed by atoms with Crippen LogP contribution in [-0.2, 0) is 33.3 Å². The predicted molar refractivity (Wildman–Crippen MR) is 201 cm³/mol. The second-order valence-corrected chi connectivity index (χ2v) is 15.8. The number of allylic oxidation sites excluding steroid dienone is 1. The van der Waals surface area contributed by atoms with Crippen molar-refractivity contribution in [2.75, 3.05) is 13.2 Å². The molecule has 0 aromatic rings. The van der Waals surface area contributed by atoms with Gasteiger partial charge in [-0.2, -0.15) is 0 Å². The molecule has 0 radical (unpaired) electrons. The Bertz CT molecular complexity index is 1380. The molecule has 0 saturated carbocycles. The zero-order chi connectivity index (χ0) is 42.7. The summed E-state index contributed by atoms with van der Waals surface area (Å²) in [4.78, 5) is 50.2. The van der Waals surface area contributed by atoms with Gasteiger partial charge in [-0.25, -0.2) is 4.79 Å². The number of aliphatic hydroxyl groups excluding tert-OH is 8. The molecule has 4 aliphatic heterocycles. The molecule has 16 atom stereocenters. The van der Waals surface area contributed by atoms with E-state index in [1.807, 2.05) is 0 Å². The van der Waals surface area contributed by atoms with Crippen LogP contribution in [0.1, 0.15) is 91.4 Å². The predicted octanol–water partition coefficient (Wildman–Crippen LogP) is -2.26. The topological polar surface area (TPSA) is 306 Å². The van der Waals surface area contributed by atoms with Gasteiger partial charge in [-0.05, 0) is 24.8 Å². The van der Waals surface area contributed by atoms with Crippen molar-refractivity contribution in [3.8, 4) is 0 Å². The number of amides is 5. The molecule has 3 unspecified atom stereocenters. The zero-order valence-electron chi connectivity index (χ0n) is 33.4. The molecule has 0 spiro atoms. The molecule has 0 aromatic heterocycles. The Labute approximate surface area is 337 Å². The van der Waals surface area contributed by atoms with E-state index in [1.165, 1.54) is 31.8 Å². The van der Waals surface area contributed by atoms with Gasteiger partial charge in [0.25, 0.3) is 0 Å². The molecule has 20 heteroatoms. The van der Waals surface area contributed by atoms with Gasteiger partial charge in [-0.1, -0.05) is 64.9 Å². The largest absolute Gasteiger partial charge is 0.394 e. The fourth-order valence-corrected chi connectivity index (χ4v) is 7.64. The van der Waals surface area contributed by atoms with Crippen LogP contribution in [0.2, 0.25) is 0 Å². The van der Waals surface area contributed by atoms with Crippen LogP contribution in [0.25, 0.3) is 0 Å². The number of urea groups is 1. The van der Waals surface area contributed by atoms with Crippen molar-refractivity contribution in [2.45, 2.75) is 183 Å². The van der Waals surface area contributed by atoms with E-state index in [-0.39, 0.29) is 13.0 Å². The summed E-state index contributed by atoms with van der Waals surface area (Å²) in [5, 5.41) is 93.6. The van der Waals surface area contributed by atoms with Gasteiger partial charge in [0.05, 0.1) is 18.8 Å². The number of unbranched alkanes of at least 4 members (excludes halogenated alkanes) is 6. The van der Waals surface area contributed by atoms with Gasteiger partial charge < -0.3 is 70.4 Å². The third-order valence-electron chi connectivity index (χ3n) is 11.3. The summed E-state index contributed by atoms with van der Waals surface area (Å²) in [6.45, 7) is 4.68. The molecule has 4 saturated heterocycles. The Morgan fingerprint density at radius 1 is 0.862 bits per heavy atom. The third-order valence-corrected chi connectivity index (χ3v) is 11.3. The summed E-state index contributed by atoms with van der Waals surface area (Å²) < 4.78 is 23.4. The smallest absolute Gasteiger partial charge is 0.326 e. The van der Waals surface area contributed by atoms with Crippen LogP contribution in [0.4, 0.5) is 4.79 Å². The summed E-state index contributed by atoms with van der Waals surface area (Å²) in [7, 11) is 0. The summed E-state index contributed by atoms with van der Waals surface area (Å²) in [5.41, 5.74) is 0. The van der Waals surface area contributed by atoms with E-state index < -0.39 is 129 Å². The highest BCUT2D eigenvalue weighted by Gasteiger charge is 2.54. The van der Waals surface area contributed by atoms with E-state index in [0.717, 1.165) is 43.4 Å². The van der Waals surface area contributed by atoms with Crippen molar-refractivity contribution in [3.63, 3.8) is 0 Å². The SMILES string of the molecule is CCC(C)CCCCCCCC/C=C\C(=O)N[C@H]1[C@H](O[C@@H]2O[C@@H](CO)[C@H](O)[C@@H](O)[C@@H]2NC(C)=O)O[C@H](CC(O)C2O[C@@H](N3CCC(=O)NC3=O)[C@H](O)[C@@H]2O)[C@H](O)[C@@H]1O. The van der Waals surface area contributed by atoms with Gasteiger partial charge in [0.2, 0.25) is 17.7 Å². The van der Waals surface area contributed by atoms with E-state index in [4.69, 9.17) is 18.9 Å². The average Bonchev–Trinajstić information content (AvgIpc) is 3.48. The fourth-order valence-electron chi connectivity index (χ4n) is 7.64. The number of carbonyl (C=O) groups is 4. The lowest BCUT2D eigenvalue weighted by atomic mass is 9.91. The first-order valence-corrected chi connectivity index (χ1v) is 20.4. The molecular weight excluding hydrogens is 768 g/mol. The van der Waals surface area contributed by atoms with Crippen LogP contribution in [0.3, 0.4) is 0 Å². The maximum Gasteiger partial charge on any atom is 0.326 e. The van der Waals surface area contributed by atoms with Crippen LogP contribution in [0, 0.1) is 5.92 Å². The number of hydrogen-bond donors (Lipinski definition) is 11. The van der Waals surface area contributed by atoms with Crippen molar-refractivity contribution in [1.29, 1.82) is 0 Å². The highest BCUT2D eigenvalue weighted by Crippen LogP contribution is 2.33. The minimum Gasteiger partial charge on any atom is -0.394 e. The van der Waals surface area contributed by atoms with E-state index in [1.54, 1.807) is 6.08 Å². The molecule has 4 fully saturated rings. The van der Waals surface area contributed by atoms with Gasteiger partial charge in [0.15, 0.2) is 18.8 Å². The van der Waals surface area contributed by atoms with Gasteiger partial charge in [-0.15, -0.1) is 0 Å². The lowest BCUT2D eigenvalue weighted by Crippen LogP contribution is -2.68. The van der Waals surface area contributed by atoms with Crippen molar-refractivity contribution < 1.29 is 79.0 Å². The Balaban J connectivity index is 1.45. The van der Waals surface area contributed by atoms with E-state index >= 15 is 0 Å². The lowest BCUT2D eigenvalue weighted by Gasteiger charge is -2.47. The number of nitrogens with zero attached hydrogens (tertiary/aromatic N) is 1. The standard InChI is InChI=1S/C38H64N4O16/c1-4-19(2)13-11-9-7-5-6-8-10-12-14-24(46)40-27-31(51)28(48)22(55-37(27)58-36-26(39-20(3)44)30(50)29(49)23(18-43)56-36)17-21(45)34-32(52)33(53)35(57-34)42-16-15-25(47)41-38(42)54/h12,14,19,21-23,26-37,43,45,48-53H,4-11,13,15-18H2,1-3H3,(H,39,44)(H,40,46)(H,41,47,54)/b14-12-/t19?,21?,22-,23+,26+,27-,28+,29+,30+,31-,32+,33-,34?,35-,36+,37+/m1/s1. The van der Waals surface area contributed by atoms with Crippen LogP contribution in [0.15, 0.2) is 12.2 Å². The van der Waals surface area contributed by atoms with E-state index in [0.29, 0.717) is 6.42 Å². The minimum atomic E-state index is -1.84. The molecular formula is C38H64N4O16. The van der Waals surface area contributed by atoms with Gasteiger partial charge in [0, 0.05) is 26.3 Å². The van der Waals surface area contributed by atoms with Crippen LogP contribution in [-0.4, -0.2) is 175 Å². The highest BCUT2D eigenvalue weighted by atomic mass is 16.8. The van der Waals surface area contributed by atoms with Crippen LogP contribution < -0.4 is 16.0 Å². The average molecular weight is 833 g/mol. The van der Waals surface area contributed by atoms with Crippen molar-refractivity contribution >= 4 is 23.8 Å². The number of rotatable bonds is 20. The van der Waals surface area contributed by atoms with Crippen molar-refractivity contribution in [2.24, 2.45) is 5.92 Å². The number of imide groups is 1. The summed E-state index contributed by atoms with van der Waals surface area (Å²) in [5.74, 6) is -1.14. The molecule has 58 heavy (non-hydrogen) atoms. The number of ether oxygens (including phenoxy) is 4. The highest BCUT2D eigenvalue weighted by molar-refractivity contribution is 5.96. The quantitative estimate of drug-likeness (QED) is 0.0456. The Morgan fingerprint density at radius 2 is 1.47 bits per heavy atom. The van der Waals surface area contributed by atoms with Gasteiger partial charge >= 0.3 is 6.03 Å². The monoisotopic (exact) mass is 832 g/mol. The molecule has 332 valence electrons. The van der Waals surface area contributed by atoms with E-state index in [9.17, 15) is 60.0 Å². The molecule has 0 aromatic carbocycles. The zero-order valence-corrected chi connectivity index (χ0v) is 33.4. The molecule has 4 aliphatic rings. The molecule has 5 amide bonds. The maximum absolute atomic E-state index is 13.1. The Hall–Kier alpha value is -2.86. The first-order chi connectivity index (χ1) is 27.6. The Kier molecular flexibility index (Phi) is 18.7.